The molecule has 0 radical (unpaired) electrons. The molecule has 0 unspecified atom stereocenters. The van der Waals surface area contributed by atoms with E-state index in [-0.39, 0.29) is 6.10 Å². The van der Waals surface area contributed by atoms with E-state index < -0.39 is 0 Å². The molecule has 0 bridgehead atoms. The highest BCUT2D eigenvalue weighted by atomic mass is 35.5. The van der Waals surface area contributed by atoms with Crippen molar-refractivity contribution in [3.63, 3.8) is 0 Å². The lowest BCUT2D eigenvalue weighted by molar-refractivity contribution is 0.202. The summed E-state index contributed by atoms with van der Waals surface area (Å²) in [5.74, 6) is 0.883. The molecule has 0 aromatic heterocycles. The smallest absolute Gasteiger partial charge is 0.151 e. The van der Waals surface area contributed by atoms with Crippen molar-refractivity contribution in [3.8, 4) is 16.9 Å². The topological polar surface area (TPSA) is 38.5 Å². The number of hydrogen-bond donors (Lipinski definition) is 1. The molecule has 0 fully saturated rings. The second-order valence-electron chi connectivity index (χ2n) is 5.15. The Balaban J connectivity index is 2.14. The van der Waals surface area contributed by atoms with E-state index >= 15 is 0 Å². The van der Waals surface area contributed by atoms with Crippen molar-refractivity contribution >= 4 is 17.3 Å². The molecule has 1 aliphatic rings. The van der Waals surface area contributed by atoms with E-state index in [2.05, 4.69) is 17.9 Å². The van der Waals surface area contributed by atoms with Crippen LogP contribution < -0.4 is 15.4 Å². The van der Waals surface area contributed by atoms with Crippen LogP contribution in [0.25, 0.3) is 11.1 Å². The summed E-state index contributed by atoms with van der Waals surface area (Å²) in [4.78, 5) is 2.30. The van der Waals surface area contributed by atoms with Crippen LogP contribution in [0, 0.1) is 0 Å². The number of hydrogen-bond acceptors (Lipinski definition) is 3. The predicted octanol–water partition coefficient (Wildman–Crippen LogP) is 3.55. The molecule has 0 aliphatic carbocycles. The molecule has 1 heterocycles. The van der Waals surface area contributed by atoms with Gasteiger partial charge in [0.2, 0.25) is 0 Å². The number of nitrogens with zero attached hydrogens (tertiary/aromatic N) is 1. The Morgan fingerprint density at radius 3 is 2.67 bits per heavy atom. The molecule has 1 aliphatic heterocycles. The summed E-state index contributed by atoms with van der Waals surface area (Å²) in [6.45, 7) is 4.41. The largest absolute Gasteiger partial charge is 0.484 e. The standard InChI is InChI=1S/C17H19ClN2O/c1-2-20-11-12(10-19)21-17-14(7-5-9-16(17)20)13-6-3-4-8-15(13)18/h3-9,12H,2,10-11,19H2,1H3/t12-/m0/s1. The van der Waals surface area contributed by atoms with Gasteiger partial charge in [-0.05, 0) is 19.1 Å². The van der Waals surface area contributed by atoms with E-state index in [4.69, 9.17) is 22.1 Å². The number of ether oxygens (including phenoxy) is 1. The summed E-state index contributed by atoms with van der Waals surface area (Å²) < 4.78 is 6.13. The Bertz CT molecular complexity index is 644. The normalized spacial score (nSPS) is 17.3. The van der Waals surface area contributed by atoms with Crippen LogP contribution in [-0.4, -0.2) is 25.7 Å². The van der Waals surface area contributed by atoms with Crippen LogP contribution in [0.4, 0.5) is 5.69 Å². The number of rotatable bonds is 3. The molecule has 0 spiro atoms. The summed E-state index contributed by atoms with van der Waals surface area (Å²) >= 11 is 6.35. The quantitative estimate of drug-likeness (QED) is 0.942. The van der Waals surface area contributed by atoms with Crippen LogP contribution in [0.1, 0.15) is 6.92 Å². The highest BCUT2D eigenvalue weighted by Crippen LogP contribution is 2.43. The first-order valence-corrected chi connectivity index (χ1v) is 7.62. The summed E-state index contributed by atoms with van der Waals surface area (Å²) in [5, 5.41) is 0.729. The van der Waals surface area contributed by atoms with Crippen molar-refractivity contribution in [1.82, 2.24) is 0 Å². The lowest BCUT2D eigenvalue weighted by Crippen LogP contribution is -2.44. The number of para-hydroxylation sites is 1. The van der Waals surface area contributed by atoms with Crippen LogP contribution >= 0.6 is 11.6 Å². The van der Waals surface area contributed by atoms with Crippen LogP contribution in [0.5, 0.6) is 5.75 Å². The van der Waals surface area contributed by atoms with Gasteiger partial charge in [0.05, 0.1) is 12.2 Å². The molecular weight excluding hydrogens is 284 g/mol. The monoisotopic (exact) mass is 302 g/mol. The van der Waals surface area contributed by atoms with Crippen molar-refractivity contribution in [2.75, 3.05) is 24.5 Å². The van der Waals surface area contributed by atoms with E-state index in [1.165, 1.54) is 0 Å². The molecule has 3 nitrogen and oxygen atoms in total. The van der Waals surface area contributed by atoms with E-state index in [1.807, 2.05) is 36.4 Å². The number of anilines is 1. The third-order valence-corrected chi connectivity index (χ3v) is 4.18. The van der Waals surface area contributed by atoms with Crippen molar-refractivity contribution < 1.29 is 4.74 Å². The average molecular weight is 303 g/mol. The molecule has 0 saturated heterocycles. The summed E-state index contributed by atoms with van der Waals surface area (Å²) in [7, 11) is 0. The minimum absolute atomic E-state index is 0.0149. The predicted molar refractivity (Wildman–Crippen MR) is 88.2 cm³/mol. The molecule has 3 rings (SSSR count). The lowest BCUT2D eigenvalue weighted by atomic mass is 10.0. The molecule has 2 N–H and O–H groups in total. The van der Waals surface area contributed by atoms with Gasteiger partial charge in [0.15, 0.2) is 5.75 Å². The zero-order chi connectivity index (χ0) is 14.8. The minimum Gasteiger partial charge on any atom is -0.484 e. The molecule has 1 atom stereocenters. The molecule has 2 aromatic rings. The second kappa shape index (κ2) is 5.96. The Hall–Kier alpha value is -1.71. The third-order valence-electron chi connectivity index (χ3n) is 3.85. The maximum atomic E-state index is 6.35. The summed E-state index contributed by atoms with van der Waals surface area (Å²) in [6, 6.07) is 14.0. The fourth-order valence-corrected chi connectivity index (χ4v) is 3.00. The molecule has 2 aromatic carbocycles. The highest BCUT2D eigenvalue weighted by molar-refractivity contribution is 6.33. The Morgan fingerprint density at radius 2 is 1.95 bits per heavy atom. The highest BCUT2D eigenvalue weighted by Gasteiger charge is 2.26. The Morgan fingerprint density at radius 1 is 1.19 bits per heavy atom. The van der Waals surface area contributed by atoms with Crippen LogP contribution in [-0.2, 0) is 0 Å². The van der Waals surface area contributed by atoms with Crippen LogP contribution in [0.3, 0.4) is 0 Å². The van der Waals surface area contributed by atoms with Crippen molar-refractivity contribution in [2.24, 2.45) is 5.73 Å². The number of nitrogens with two attached hydrogens (primary N) is 1. The van der Waals surface area contributed by atoms with Gasteiger partial charge >= 0.3 is 0 Å². The maximum absolute atomic E-state index is 6.35. The van der Waals surface area contributed by atoms with Gasteiger partial charge in [0, 0.05) is 29.2 Å². The average Bonchev–Trinajstić information content (AvgIpc) is 2.53. The number of fused-ring (bicyclic) bond motifs is 1. The Labute approximate surface area is 130 Å². The first-order chi connectivity index (χ1) is 10.2. The molecule has 0 saturated carbocycles. The SMILES string of the molecule is CCN1C[C@H](CN)Oc2c(-c3ccccc3Cl)cccc21. The van der Waals surface area contributed by atoms with Gasteiger partial charge in [-0.15, -0.1) is 0 Å². The van der Waals surface area contributed by atoms with Gasteiger partial charge in [0.1, 0.15) is 6.10 Å². The van der Waals surface area contributed by atoms with E-state index in [1.54, 1.807) is 0 Å². The van der Waals surface area contributed by atoms with Gasteiger partial charge in [-0.3, -0.25) is 0 Å². The van der Waals surface area contributed by atoms with Gasteiger partial charge < -0.3 is 15.4 Å². The fourth-order valence-electron chi connectivity index (χ4n) is 2.76. The zero-order valence-corrected chi connectivity index (χ0v) is 12.8. The lowest BCUT2D eigenvalue weighted by Gasteiger charge is -2.36. The molecular formula is C17H19ClN2O. The zero-order valence-electron chi connectivity index (χ0n) is 12.1. The molecule has 4 heteroatoms. The third kappa shape index (κ3) is 2.59. The van der Waals surface area contributed by atoms with Crippen molar-refractivity contribution in [3.05, 3.63) is 47.5 Å². The van der Waals surface area contributed by atoms with Crippen molar-refractivity contribution in [2.45, 2.75) is 13.0 Å². The van der Waals surface area contributed by atoms with Crippen LogP contribution in [0.2, 0.25) is 5.02 Å². The number of benzene rings is 2. The van der Waals surface area contributed by atoms with Crippen LogP contribution in [0.15, 0.2) is 42.5 Å². The number of likely N-dealkylation sites (N-methyl/N-ethyl adjacent to an activating group) is 1. The molecule has 21 heavy (non-hydrogen) atoms. The summed E-state index contributed by atoms with van der Waals surface area (Å²) in [6.07, 6.45) is 0.0149. The molecule has 0 amide bonds. The summed E-state index contributed by atoms with van der Waals surface area (Å²) in [5.41, 5.74) is 8.94. The minimum atomic E-state index is 0.0149. The number of halogens is 1. The van der Waals surface area contributed by atoms with Gasteiger partial charge in [0.25, 0.3) is 0 Å². The van der Waals surface area contributed by atoms with E-state index in [0.29, 0.717) is 6.54 Å². The van der Waals surface area contributed by atoms with Gasteiger partial charge in [-0.1, -0.05) is 41.9 Å². The second-order valence-corrected chi connectivity index (χ2v) is 5.56. The van der Waals surface area contributed by atoms with Gasteiger partial charge in [-0.25, -0.2) is 0 Å². The molecule has 110 valence electrons. The first kappa shape index (κ1) is 14.2. The first-order valence-electron chi connectivity index (χ1n) is 7.24. The Kier molecular flexibility index (Phi) is 4.04. The fraction of sp³-hybridized carbons (Fsp3) is 0.294. The van der Waals surface area contributed by atoms with E-state index in [0.717, 1.165) is 40.7 Å². The maximum Gasteiger partial charge on any atom is 0.151 e. The van der Waals surface area contributed by atoms with E-state index in [9.17, 15) is 0 Å². The van der Waals surface area contributed by atoms with Gasteiger partial charge in [-0.2, -0.15) is 0 Å². The van der Waals surface area contributed by atoms with Crippen molar-refractivity contribution in [1.29, 1.82) is 0 Å².